The molecule has 1 saturated carbocycles. The lowest BCUT2D eigenvalue weighted by Crippen LogP contribution is -2.25. The highest BCUT2D eigenvalue weighted by molar-refractivity contribution is 5.82. The number of rotatable bonds is 6. The van der Waals surface area contributed by atoms with Crippen molar-refractivity contribution in [3.63, 3.8) is 0 Å². The number of allylic oxidation sites excluding steroid dienone is 1. The number of aromatic hydroxyl groups is 1. The van der Waals surface area contributed by atoms with Gasteiger partial charge in [-0.25, -0.2) is 4.98 Å². The Balaban J connectivity index is 1.83. The number of benzene rings is 2. The number of phenols is 1. The van der Waals surface area contributed by atoms with Crippen LogP contribution < -0.4 is 10.3 Å². The summed E-state index contributed by atoms with van der Waals surface area (Å²) in [5.41, 5.74) is 1.95. The van der Waals surface area contributed by atoms with Gasteiger partial charge in [-0.15, -0.1) is 6.58 Å². The first-order chi connectivity index (χ1) is 15.1. The minimum Gasteiger partial charge on any atom is -0.504 e. The molecule has 1 N–H and O–H groups in total. The van der Waals surface area contributed by atoms with E-state index in [1.165, 1.54) is 18.2 Å². The molecule has 6 nitrogen and oxygen atoms in total. The Morgan fingerprint density at radius 2 is 2.03 bits per heavy atom. The van der Waals surface area contributed by atoms with Crippen LogP contribution in [0.15, 0.2) is 58.9 Å². The van der Waals surface area contributed by atoms with Gasteiger partial charge in [0.2, 0.25) is 0 Å². The number of hydrogen-bond donors (Lipinski definition) is 1. The molecule has 1 aliphatic carbocycles. The van der Waals surface area contributed by atoms with E-state index in [2.05, 4.69) is 11.7 Å². The Labute approximate surface area is 181 Å². The van der Waals surface area contributed by atoms with Gasteiger partial charge in [0, 0.05) is 11.5 Å². The zero-order chi connectivity index (χ0) is 21.8. The quantitative estimate of drug-likeness (QED) is 0.463. The first-order valence-corrected chi connectivity index (χ1v) is 10.7. The molecule has 1 heterocycles. The van der Waals surface area contributed by atoms with Gasteiger partial charge in [0.15, 0.2) is 11.5 Å². The van der Waals surface area contributed by atoms with E-state index in [0.29, 0.717) is 28.6 Å². The minimum absolute atomic E-state index is 0.0898. The standard InChI is InChI=1S/C25H27N3O3/c1-3-9-19-14-17(15-22(31-2)23(19)29)16-26-28-24(18-10-5-4-6-11-18)27-21-13-8-7-12-20(21)25(28)30/h3,7-8,12-16,18,29H,1,4-6,9-11H2,2H3. The molecule has 1 aliphatic rings. The van der Waals surface area contributed by atoms with Crippen molar-refractivity contribution in [2.24, 2.45) is 5.10 Å². The summed E-state index contributed by atoms with van der Waals surface area (Å²) in [6.45, 7) is 3.74. The Morgan fingerprint density at radius 1 is 1.26 bits per heavy atom. The summed E-state index contributed by atoms with van der Waals surface area (Å²) in [7, 11) is 1.51. The number of fused-ring (bicyclic) bond motifs is 1. The molecule has 6 heteroatoms. The normalized spacial score (nSPS) is 14.9. The van der Waals surface area contributed by atoms with Gasteiger partial charge in [-0.05, 0) is 49.1 Å². The Bertz CT molecular complexity index is 1190. The number of hydrogen-bond acceptors (Lipinski definition) is 5. The maximum Gasteiger partial charge on any atom is 0.282 e. The van der Waals surface area contributed by atoms with Crippen LogP contribution in [0.25, 0.3) is 10.9 Å². The lowest BCUT2D eigenvalue weighted by Gasteiger charge is -2.22. The third-order valence-corrected chi connectivity index (χ3v) is 5.83. The largest absolute Gasteiger partial charge is 0.504 e. The number of aromatic nitrogens is 2. The number of methoxy groups -OCH3 is 1. The lowest BCUT2D eigenvalue weighted by molar-refractivity contribution is 0.371. The highest BCUT2D eigenvalue weighted by atomic mass is 16.5. The molecule has 1 fully saturated rings. The fraction of sp³-hybridized carbons (Fsp3) is 0.320. The fourth-order valence-electron chi connectivity index (χ4n) is 4.23. The van der Waals surface area contributed by atoms with E-state index in [-0.39, 0.29) is 17.2 Å². The van der Waals surface area contributed by atoms with Crippen molar-refractivity contribution < 1.29 is 9.84 Å². The van der Waals surface area contributed by atoms with Gasteiger partial charge >= 0.3 is 0 Å². The third-order valence-electron chi connectivity index (χ3n) is 5.83. The molecule has 3 aromatic rings. The summed E-state index contributed by atoms with van der Waals surface area (Å²) < 4.78 is 6.75. The van der Waals surface area contributed by atoms with Gasteiger partial charge in [-0.3, -0.25) is 4.79 Å². The topological polar surface area (TPSA) is 76.7 Å². The second-order valence-corrected chi connectivity index (χ2v) is 7.91. The molecule has 0 spiro atoms. The summed E-state index contributed by atoms with van der Waals surface area (Å²) >= 11 is 0. The molecule has 0 amide bonds. The summed E-state index contributed by atoms with van der Waals surface area (Å²) in [5.74, 6) is 1.38. The molecular formula is C25H27N3O3. The molecule has 31 heavy (non-hydrogen) atoms. The van der Waals surface area contributed by atoms with Crippen molar-refractivity contribution in [3.05, 3.63) is 76.4 Å². The lowest BCUT2D eigenvalue weighted by atomic mass is 9.88. The predicted molar refractivity (Wildman–Crippen MR) is 123 cm³/mol. The van der Waals surface area contributed by atoms with Crippen molar-refractivity contribution >= 4 is 17.1 Å². The average molecular weight is 418 g/mol. The van der Waals surface area contributed by atoms with Crippen molar-refractivity contribution in [1.82, 2.24) is 9.66 Å². The second kappa shape index (κ2) is 9.16. The van der Waals surface area contributed by atoms with Crippen molar-refractivity contribution in [2.45, 2.75) is 44.4 Å². The Kier molecular flexibility index (Phi) is 6.16. The van der Waals surface area contributed by atoms with Crippen LogP contribution in [0.2, 0.25) is 0 Å². The van der Waals surface area contributed by atoms with Crippen LogP contribution in [-0.2, 0) is 6.42 Å². The molecule has 0 aliphatic heterocycles. The third kappa shape index (κ3) is 4.24. The van der Waals surface area contributed by atoms with E-state index < -0.39 is 0 Å². The van der Waals surface area contributed by atoms with Gasteiger partial charge < -0.3 is 9.84 Å². The number of nitrogens with zero attached hydrogens (tertiary/aromatic N) is 3. The van der Waals surface area contributed by atoms with E-state index in [0.717, 1.165) is 37.1 Å². The number of ether oxygens (including phenoxy) is 1. The maximum atomic E-state index is 13.3. The van der Waals surface area contributed by atoms with Gasteiger partial charge in [0.1, 0.15) is 5.82 Å². The van der Waals surface area contributed by atoms with Crippen molar-refractivity contribution in [1.29, 1.82) is 0 Å². The van der Waals surface area contributed by atoms with Crippen LogP contribution in [0.3, 0.4) is 0 Å². The van der Waals surface area contributed by atoms with E-state index >= 15 is 0 Å². The zero-order valence-electron chi connectivity index (χ0n) is 17.8. The van der Waals surface area contributed by atoms with E-state index in [1.54, 1.807) is 24.4 Å². The number of phenolic OH excluding ortho intramolecular Hbond substituents is 1. The minimum atomic E-state index is -0.167. The molecule has 4 rings (SSSR count). The molecule has 160 valence electrons. The van der Waals surface area contributed by atoms with Gasteiger partial charge in [-0.1, -0.05) is 37.5 Å². The molecule has 0 unspecified atom stereocenters. The molecule has 0 radical (unpaired) electrons. The summed E-state index contributed by atoms with van der Waals surface area (Å²) in [4.78, 5) is 18.1. The van der Waals surface area contributed by atoms with Crippen LogP contribution in [0.1, 0.15) is 55.0 Å². The maximum absolute atomic E-state index is 13.3. The number of para-hydroxylation sites is 1. The summed E-state index contributed by atoms with van der Waals surface area (Å²) in [6, 6.07) is 10.9. The van der Waals surface area contributed by atoms with E-state index in [1.807, 2.05) is 24.3 Å². The first kappa shape index (κ1) is 20.8. The molecule has 1 aromatic heterocycles. The Morgan fingerprint density at radius 3 is 2.77 bits per heavy atom. The summed E-state index contributed by atoms with van der Waals surface area (Å²) in [5, 5.41) is 15.4. The molecule has 2 aromatic carbocycles. The predicted octanol–water partition coefficient (Wildman–Crippen LogP) is 4.77. The zero-order valence-corrected chi connectivity index (χ0v) is 17.8. The molecule has 0 saturated heterocycles. The van der Waals surface area contributed by atoms with Gasteiger partial charge in [0.05, 0.1) is 24.2 Å². The van der Waals surface area contributed by atoms with Crippen LogP contribution in [-0.4, -0.2) is 28.1 Å². The van der Waals surface area contributed by atoms with Gasteiger partial charge in [0.25, 0.3) is 5.56 Å². The van der Waals surface area contributed by atoms with Crippen LogP contribution in [0, 0.1) is 0 Å². The monoisotopic (exact) mass is 417 g/mol. The van der Waals surface area contributed by atoms with E-state index in [9.17, 15) is 9.90 Å². The van der Waals surface area contributed by atoms with Crippen LogP contribution >= 0.6 is 0 Å². The van der Waals surface area contributed by atoms with Gasteiger partial charge in [-0.2, -0.15) is 9.78 Å². The SMILES string of the molecule is C=CCc1cc(C=Nn2c(C3CCCCC3)nc3ccccc3c2=O)cc(OC)c1O. The second-order valence-electron chi connectivity index (χ2n) is 7.91. The highest BCUT2D eigenvalue weighted by Crippen LogP contribution is 2.33. The molecular weight excluding hydrogens is 390 g/mol. The Hall–Kier alpha value is -3.41. The fourth-order valence-corrected chi connectivity index (χ4v) is 4.23. The van der Waals surface area contributed by atoms with Crippen molar-refractivity contribution in [3.8, 4) is 11.5 Å². The molecule has 0 bridgehead atoms. The van der Waals surface area contributed by atoms with Crippen LogP contribution in [0.4, 0.5) is 0 Å². The van der Waals surface area contributed by atoms with E-state index in [4.69, 9.17) is 9.72 Å². The smallest absolute Gasteiger partial charge is 0.282 e. The highest BCUT2D eigenvalue weighted by Gasteiger charge is 2.22. The average Bonchev–Trinajstić information content (AvgIpc) is 2.81. The summed E-state index contributed by atoms with van der Waals surface area (Å²) in [6.07, 6.45) is 9.35. The first-order valence-electron chi connectivity index (χ1n) is 10.7. The molecule has 0 atom stereocenters. The van der Waals surface area contributed by atoms with Crippen LogP contribution in [0.5, 0.6) is 11.5 Å². The van der Waals surface area contributed by atoms with Crippen molar-refractivity contribution in [2.75, 3.05) is 7.11 Å².